The van der Waals surface area contributed by atoms with E-state index < -0.39 is 5.23 Å². The third-order valence-electron chi connectivity index (χ3n) is 5.37. The molecular formula is C25H24N2O4. The fourth-order valence-electron chi connectivity index (χ4n) is 3.81. The Morgan fingerprint density at radius 1 is 0.742 bits per heavy atom. The summed E-state index contributed by atoms with van der Waals surface area (Å²) in [4.78, 5) is 2.08. The number of phenols is 2. The predicted molar refractivity (Wildman–Crippen MR) is 119 cm³/mol. The highest BCUT2D eigenvalue weighted by Crippen LogP contribution is 2.30. The summed E-state index contributed by atoms with van der Waals surface area (Å²) in [6, 6.07) is 25.7. The number of nitrogens with one attached hydrogen (secondary N) is 1. The van der Waals surface area contributed by atoms with Crippen LogP contribution in [0.3, 0.4) is 0 Å². The second-order valence-electron chi connectivity index (χ2n) is 7.56. The zero-order valence-electron chi connectivity index (χ0n) is 16.9. The van der Waals surface area contributed by atoms with Crippen molar-refractivity contribution in [3.63, 3.8) is 0 Å². The van der Waals surface area contributed by atoms with Crippen molar-refractivity contribution < 1.29 is 20.6 Å². The molecule has 6 nitrogen and oxygen atoms in total. The second kappa shape index (κ2) is 9.16. The summed E-state index contributed by atoms with van der Waals surface area (Å²) in [6.45, 7) is 1.32. The first-order valence-electron chi connectivity index (χ1n) is 10.0. The van der Waals surface area contributed by atoms with E-state index in [0.717, 1.165) is 21.9 Å². The van der Waals surface area contributed by atoms with E-state index in [1.807, 2.05) is 60.7 Å². The fraction of sp³-hybridized carbons (Fsp3) is 0.120. The fourth-order valence-corrected chi connectivity index (χ4v) is 3.81. The van der Waals surface area contributed by atoms with Crippen LogP contribution >= 0.6 is 0 Å². The molecule has 0 aliphatic rings. The van der Waals surface area contributed by atoms with E-state index in [1.54, 1.807) is 6.07 Å². The van der Waals surface area contributed by atoms with Crippen molar-refractivity contribution in [2.75, 3.05) is 0 Å². The molecule has 158 valence electrons. The molecule has 0 spiro atoms. The third kappa shape index (κ3) is 4.84. The molecule has 4 aromatic carbocycles. The Kier molecular flexibility index (Phi) is 6.16. The highest BCUT2D eigenvalue weighted by molar-refractivity contribution is 5.87. The van der Waals surface area contributed by atoms with Crippen LogP contribution in [0.2, 0.25) is 0 Å². The Morgan fingerprint density at radius 3 is 2.23 bits per heavy atom. The highest BCUT2D eigenvalue weighted by Gasteiger charge is 2.16. The van der Waals surface area contributed by atoms with Crippen LogP contribution in [0.25, 0.3) is 10.8 Å². The van der Waals surface area contributed by atoms with E-state index in [2.05, 4.69) is 4.90 Å². The number of nitrogens with zero attached hydrogens (tertiary/aromatic N) is 1. The molecule has 1 atom stereocenters. The number of phenolic OH excluding ortho intramolecular Hbond substituents is 2. The topological polar surface area (TPSA) is 91.4 Å². The summed E-state index contributed by atoms with van der Waals surface area (Å²) in [5, 5.41) is 42.6. The molecule has 0 aromatic heterocycles. The van der Waals surface area contributed by atoms with Crippen LogP contribution in [0.5, 0.6) is 11.5 Å². The first-order chi connectivity index (χ1) is 15.0. The SMILES string of the molecule is [O-][NH+](O)c1ccc(O)c(CN(Cc2ccccc2)Cc2c(O)ccc3ccccc23)c1. The van der Waals surface area contributed by atoms with Gasteiger partial charge in [-0.2, -0.15) is 5.23 Å². The molecule has 0 saturated carbocycles. The van der Waals surface area contributed by atoms with Gasteiger partial charge in [-0.25, -0.2) is 5.21 Å². The molecule has 0 heterocycles. The van der Waals surface area contributed by atoms with Crippen LogP contribution in [-0.2, 0) is 19.6 Å². The van der Waals surface area contributed by atoms with Crippen LogP contribution in [0.1, 0.15) is 16.7 Å². The van der Waals surface area contributed by atoms with Crippen LogP contribution in [-0.4, -0.2) is 20.3 Å². The maximum absolute atomic E-state index is 11.4. The Bertz CT molecular complexity index is 1180. The number of hydrogen-bond donors (Lipinski definition) is 4. The average molecular weight is 416 g/mol. The second-order valence-corrected chi connectivity index (χ2v) is 7.56. The third-order valence-corrected chi connectivity index (χ3v) is 5.37. The van der Waals surface area contributed by atoms with Crippen LogP contribution in [0, 0.1) is 5.21 Å². The van der Waals surface area contributed by atoms with Crippen LogP contribution in [0.4, 0.5) is 5.69 Å². The standard InChI is InChI=1S/C25H24N2O4/c28-24-13-11-21(27(30)31)14-20(24)16-26(15-18-6-2-1-3-7-18)17-23-22-9-5-4-8-19(22)10-12-25(23)29/h1-14,27-30H,15-17H2. The quantitative estimate of drug-likeness (QED) is 0.271. The maximum Gasteiger partial charge on any atom is 0.164 e. The smallest absolute Gasteiger partial charge is 0.164 e. The number of quaternary nitrogens is 1. The predicted octanol–water partition coefficient (Wildman–Crippen LogP) is 3.86. The Morgan fingerprint density at radius 2 is 1.45 bits per heavy atom. The lowest BCUT2D eigenvalue weighted by Gasteiger charge is -2.25. The molecule has 4 aromatic rings. The van der Waals surface area contributed by atoms with Gasteiger partial charge in [0.15, 0.2) is 5.69 Å². The van der Waals surface area contributed by atoms with Gasteiger partial charge in [0.05, 0.1) is 0 Å². The molecule has 0 aliphatic carbocycles. The van der Waals surface area contributed by atoms with Crippen molar-refractivity contribution >= 4 is 16.5 Å². The van der Waals surface area contributed by atoms with Crippen molar-refractivity contribution in [3.05, 3.63) is 107 Å². The van der Waals surface area contributed by atoms with Crippen LogP contribution < -0.4 is 5.23 Å². The average Bonchev–Trinajstić information content (AvgIpc) is 2.77. The molecular weight excluding hydrogens is 392 g/mol. The van der Waals surface area contributed by atoms with Crippen molar-refractivity contribution in [1.82, 2.24) is 4.90 Å². The molecule has 0 amide bonds. The normalized spacial score (nSPS) is 12.4. The van der Waals surface area contributed by atoms with Gasteiger partial charge in [-0.15, -0.1) is 0 Å². The number of fused-ring (bicyclic) bond motifs is 1. The van der Waals surface area contributed by atoms with Gasteiger partial charge < -0.3 is 15.4 Å². The zero-order valence-corrected chi connectivity index (χ0v) is 16.9. The molecule has 0 radical (unpaired) electrons. The minimum absolute atomic E-state index is 0.0465. The van der Waals surface area contributed by atoms with Gasteiger partial charge in [0, 0.05) is 42.9 Å². The van der Waals surface area contributed by atoms with E-state index in [0.29, 0.717) is 25.2 Å². The summed E-state index contributed by atoms with van der Waals surface area (Å²) in [5.41, 5.74) is 2.52. The molecule has 0 aliphatic heterocycles. The van der Waals surface area contributed by atoms with E-state index >= 15 is 0 Å². The Hall–Kier alpha value is -3.42. The highest BCUT2D eigenvalue weighted by atomic mass is 16.8. The van der Waals surface area contributed by atoms with Gasteiger partial charge >= 0.3 is 0 Å². The van der Waals surface area contributed by atoms with Gasteiger partial charge in [-0.05, 0) is 28.5 Å². The van der Waals surface area contributed by atoms with E-state index in [1.165, 1.54) is 18.2 Å². The van der Waals surface area contributed by atoms with E-state index in [9.17, 15) is 20.6 Å². The van der Waals surface area contributed by atoms with Gasteiger partial charge in [-0.1, -0.05) is 60.7 Å². The molecule has 4 N–H and O–H groups in total. The number of hydrogen-bond acceptors (Lipinski definition) is 5. The first-order valence-corrected chi connectivity index (χ1v) is 10.0. The zero-order chi connectivity index (χ0) is 21.8. The minimum Gasteiger partial charge on any atom is -0.595 e. The summed E-state index contributed by atoms with van der Waals surface area (Å²) >= 11 is 0. The number of rotatable bonds is 7. The van der Waals surface area contributed by atoms with Gasteiger partial charge in [0.1, 0.15) is 11.5 Å². The Labute approximate surface area is 180 Å². The summed E-state index contributed by atoms with van der Waals surface area (Å²) in [7, 11) is 0. The molecule has 4 rings (SSSR count). The van der Waals surface area contributed by atoms with Crippen LogP contribution in [0.15, 0.2) is 84.9 Å². The summed E-state index contributed by atoms with van der Waals surface area (Å²) < 4.78 is 0. The molecule has 6 heteroatoms. The number of benzene rings is 4. The lowest BCUT2D eigenvalue weighted by Crippen LogP contribution is -2.99. The van der Waals surface area contributed by atoms with Crippen molar-refractivity contribution in [1.29, 1.82) is 0 Å². The monoisotopic (exact) mass is 416 g/mol. The molecule has 1 unspecified atom stereocenters. The van der Waals surface area contributed by atoms with E-state index in [4.69, 9.17) is 0 Å². The van der Waals surface area contributed by atoms with Gasteiger partial charge in [-0.3, -0.25) is 4.90 Å². The molecule has 31 heavy (non-hydrogen) atoms. The van der Waals surface area contributed by atoms with Gasteiger partial charge in [0.25, 0.3) is 0 Å². The first kappa shape index (κ1) is 20.8. The van der Waals surface area contributed by atoms with Crippen molar-refractivity contribution in [2.24, 2.45) is 0 Å². The minimum atomic E-state index is -1.04. The summed E-state index contributed by atoms with van der Waals surface area (Å²) in [5.74, 6) is 0.255. The molecule has 0 fully saturated rings. The Balaban J connectivity index is 1.71. The number of aromatic hydroxyl groups is 2. The molecule has 0 bridgehead atoms. The van der Waals surface area contributed by atoms with Crippen molar-refractivity contribution in [2.45, 2.75) is 19.6 Å². The van der Waals surface area contributed by atoms with Gasteiger partial charge in [0.2, 0.25) is 0 Å². The summed E-state index contributed by atoms with van der Waals surface area (Å²) in [6.07, 6.45) is 0. The maximum atomic E-state index is 11.4. The lowest BCUT2D eigenvalue weighted by atomic mass is 10.0. The molecule has 0 saturated heterocycles. The lowest BCUT2D eigenvalue weighted by molar-refractivity contribution is -0.991. The largest absolute Gasteiger partial charge is 0.595 e. The van der Waals surface area contributed by atoms with E-state index in [-0.39, 0.29) is 17.2 Å². The van der Waals surface area contributed by atoms with Crippen molar-refractivity contribution in [3.8, 4) is 11.5 Å².